The Morgan fingerprint density at radius 1 is 0.392 bits per heavy atom. The fourth-order valence-corrected chi connectivity index (χ4v) is 7.74. The minimum atomic E-state index is 0.629. The summed E-state index contributed by atoms with van der Waals surface area (Å²) in [5.74, 6) is 1.92. The number of hydrogen-bond donors (Lipinski definition) is 0. The van der Waals surface area contributed by atoms with Crippen molar-refractivity contribution in [3.8, 4) is 39.9 Å². The van der Waals surface area contributed by atoms with E-state index in [1.54, 1.807) is 0 Å². The quantitative estimate of drug-likeness (QED) is 0.189. The zero-order chi connectivity index (χ0) is 33.5. The van der Waals surface area contributed by atoms with Crippen LogP contribution in [0.4, 0.5) is 17.1 Å². The molecule has 1 aliphatic heterocycles. The van der Waals surface area contributed by atoms with Gasteiger partial charge in [0.15, 0.2) is 17.5 Å². The van der Waals surface area contributed by atoms with E-state index in [0.717, 1.165) is 72.4 Å². The molecule has 0 bridgehead atoms. The first-order valence-corrected chi connectivity index (χ1v) is 17.0. The van der Waals surface area contributed by atoms with Crippen molar-refractivity contribution in [1.29, 1.82) is 0 Å². The zero-order valence-corrected chi connectivity index (χ0v) is 27.2. The number of rotatable bonds is 4. The van der Waals surface area contributed by atoms with Gasteiger partial charge in [-0.3, -0.25) is 0 Å². The topological polar surface area (TPSA) is 60.0 Å². The molecule has 0 saturated heterocycles. The monoisotopic (exact) mass is 653 g/mol. The van der Waals surface area contributed by atoms with Crippen LogP contribution in [-0.2, 0) is 0 Å². The van der Waals surface area contributed by atoms with Crippen molar-refractivity contribution in [1.82, 2.24) is 19.5 Å². The molecule has 0 aliphatic carbocycles. The SMILES string of the molecule is c1ccc(-c2nc(-c3ccccc3)nc(-c3ccc(N4c5ccccc5-n5c6cccc7oc8cccc(c9cccc4c95)c8c76)cc3)n2)cc1. The van der Waals surface area contributed by atoms with Crippen LogP contribution in [0.15, 0.2) is 168 Å². The minimum absolute atomic E-state index is 0.629. The summed E-state index contributed by atoms with van der Waals surface area (Å²) < 4.78 is 8.83. The summed E-state index contributed by atoms with van der Waals surface area (Å²) >= 11 is 0. The number of furan rings is 1. The van der Waals surface area contributed by atoms with E-state index in [4.69, 9.17) is 19.4 Å². The van der Waals surface area contributed by atoms with Gasteiger partial charge in [-0.1, -0.05) is 103 Å². The Morgan fingerprint density at radius 3 is 1.61 bits per heavy atom. The molecule has 6 nitrogen and oxygen atoms in total. The number of anilines is 3. The molecule has 0 spiro atoms. The van der Waals surface area contributed by atoms with Crippen LogP contribution in [0.25, 0.3) is 83.6 Å². The van der Waals surface area contributed by atoms with Gasteiger partial charge in [0.1, 0.15) is 11.2 Å². The minimum Gasteiger partial charge on any atom is -0.456 e. The number of benzene rings is 7. The standard InChI is InChI=1S/C45H27N5O/c1-3-12-28(13-4-1)43-46-44(29-14-5-2-6-15-29)48-45(47-43)30-24-26-31(27-25-30)49-34-18-7-8-19-35(34)50-36-20-11-23-39-41(36)40-32(16-10-22-38(40)51-39)33-17-9-21-37(49)42(33)50/h1-27H. The summed E-state index contributed by atoms with van der Waals surface area (Å²) in [6.07, 6.45) is 0. The third kappa shape index (κ3) is 4.14. The number of para-hydroxylation sites is 3. The molecule has 0 saturated carbocycles. The van der Waals surface area contributed by atoms with Gasteiger partial charge >= 0.3 is 0 Å². The van der Waals surface area contributed by atoms with E-state index >= 15 is 0 Å². The Hall–Kier alpha value is -7.05. The predicted molar refractivity (Wildman–Crippen MR) is 206 cm³/mol. The lowest BCUT2D eigenvalue weighted by Crippen LogP contribution is -2.18. The number of fused-ring (bicyclic) bond motifs is 4. The van der Waals surface area contributed by atoms with Crippen LogP contribution in [0.2, 0.25) is 0 Å². The second-order valence-electron chi connectivity index (χ2n) is 12.8. The van der Waals surface area contributed by atoms with Crippen LogP contribution < -0.4 is 4.90 Å². The lowest BCUT2D eigenvalue weighted by molar-refractivity contribution is 0.669. The molecule has 0 fully saturated rings. The maximum absolute atomic E-state index is 6.41. The van der Waals surface area contributed by atoms with Crippen LogP contribution in [0.1, 0.15) is 0 Å². The van der Waals surface area contributed by atoms with Crippen molar-refractivity contribution in [2.24, 2.45) is 0 Å². The highest BCUT2D eigenvalue weighted by Crippen LogP contribution is 2.50. The molecule has 10 aromatic rings. The lowest BCUT2D eigenvalue weighted by Gasteiger charge is -2.34. The second kappa shape index (κ2) is 10.7. The van der Waals surface area contributed by atoms with Gasteiger partial charge in [-0.15, -0.1) is 0 Å². The molecule has 4 heterocycles. The van der Waals surface area contributed by atoms with Gasteiger partial charge in [0.05, 0.1) is 33.5 Å². The van der Waals surface area contributed by atoms with Gasteiger partial charge in [0, 0.05) is 33.2 Å². The fraction of sp³-hybridized carbons (Fsp3) is 0. The van der Waals surface area contributed by atoms with E-state index in [9.17, 15) is 0 Å². The van der Waals surface area contributed by atoms with Gasteiger partial charge in [0.25, 0.3) is 0 Å². The van der Waals surface area contributed by atoms with Crippen LogP contribution >= 0.6 is 0 Å². The summed E-state index contributed by atoms with van der Waals surface area (Å²) in [5.41, 5.74) is 11.2. The summed E-state index contributed by atoms with van der Waals surface area (Å²) in [4.78, 5) is 17.2. The van der Waals surface area contributed by atoms with E-state index < -0.39 is 0 Å². The molecule has 6 heteroatoms. The van der Waals surface area contributed by atoms with Crippen molar-refractivity contribution in [2.75, 3.05) is 4.90 Å². The first-order chi connectivity index (χ1) is 25.3. The van der Waals surface area contributed by atoms with Crippen LogP contribution in [0.3, 0.4) is 0 Å². The Labute approximate surface area is 292 Å². The van der Waals surface area contributed by atoms with Gasteiger partial charge in [-0.2, -0.15) is 0 Å². The van der Waals surface area contributed by atoms with Gasteiger partial charge in [0.2, 0.25) is 0 Å². The highest BCUT2D eigenvalue weighted by molar-refractivity contribution is 6.27. The molecule has 1 aliphatic rings. The third-order valence-electron chi connectivity index (χ3n) is 9.96. The van der Waals surface area contributed by atoms with E-state index in [-0.39, 0.29) is 0 Å². The summed E-state index contributed by atoms with van der Waals surface area (Å²) in [6, 6.07) is 56.7. The molecule has 0 N–H and O–H groups in total. The smallest absolute Gasteiger partial charge is 0.164 e. The lowest BCUT2D eigenvalue weighted by atomic mass is 10.0. The van der Waals surface area contributed by atoms with Crippen molar-refractivity contribution < 1.29 is 4.42 Å². The van der Waals surface area contributed by atoms with E-state index in [1.165, 1.54) is 10.8 Å². The fourth-order valence-electron chi connectivity index (χ4n) is 7.74. The van der Waals surface area contributed by atoms with E-state index in [0.29, 0.717) is 17.5 Å². The van der Waals surface area contributed by atoms with E-state index in [1.807, 2.05) is 60.7 Å². The Kier molecular flexibility index (Phi) is 5.86. The molecule has 7 aromatic carbocycles. The molecule has 11 rings (SSSR count). The summed E-state index contributed by atoms with van der Waals surface area (Å²) in [7, 11) is 0. The highest BCUT2D eigenvalue weighted by Gasteiger charge is 2.28. The third-order valence-corrected chi connectivity index (χ3v) is 9.96. The Balaban J connectivity index is 1.13. The molecule has 0 atom stereocenters. The molecular weight excluding hydrogens is 627 g/mol. The molecule has 51 heavy (non-hydrogen) atoms. The van der Waals surface area contributed by atoms with E-state index in [2.05, 4.69) is 113 Å². The number of hydrogen-bond acceptors (Lipinski definition) is 5. The Bertz CT molecular complexity index is 2910. The first kappa shape index (κ1) is 27.9. The van der Waals surface area contributed by atoms with Crippen molar-refractivity contribution in [2.45, 2.75) is 0 Å². The molecule has 0 amide bonds. The summed E-state index contributed by atoms with van der Waals surface area (Å²) in [6.45, 7) is 0. The molecule has 3 aromatic heterocycles. The summed E-state index contributed by atoms with van der Waals surface area (Å²) in [5, 5.41) is 4.63. The molecule has 0 unspecified atom stereocenters. The maximum Gasteiger partial charge on any atom is 0.164 e. The number of aromatic nitrogens is 4. The van der Waals surface area contributed by atoms with Gasteiger partial charge < -0.3 is 13.9 Å². The molecule has 238 valence electrons. The Morgan fingerprint density at radius 2 is 0.922 bits per heavy atom. The molecular formula is C45H27N5O. The van der Waals surface area contributed by atoms with Gasteiger partial charge in [-0.05, 0) is 66.0 Å². The second-order valence-corrected chi connectivity index (χ2v) is 12.8. The largest absolute Gasteiger partial charge is 0.456 e. The van der Waals surface area contributed by atoms with Gasteiger partial charge in [-0.25, -0.2) is 15.0 Å². The average Bonchev–Trinajstić information content (AvgIpc) is 3.54. The predicted octanol–water partition coefficient (Wildman–Crippen LogP) is 11.7. The normalized spacial score (nSPS) is 12.3. The van der Waals surface area contributed by atoms with Crippen molar-refractivity contribution in [3.05, 3.63) is 164 Å². The van der Waals surface area contributed by atoms with Crippen LogP contribution in [0.5, 0.6) is 0 Å². The average molecular weight is 654 g/mol. The maximum atomic E-state index is 6.41. The van der Waals surface area contributed by atoms with Crippen LogP contribution in [0, 0.1) is 0 Å². The first-order valence-electron chi connectivity index (χ1n) is 17.0. The highest BCUT2D eigenvalue weighted by atomic mass is 16.3. The van der Waals surface area contributed by atoms with Crippen molar-refractivity contribution in [3.63, 3.8) is 0 Å². The number of nitrogens with zero attached hydrogens (tertiary/aromatic N) is 5. The molecule has 0 radical (unpaired) electrons. The van der Waals surface area contributed by atoms with Crippen LogP contribution in [-0.4, -0.2) is 19.5 Å². The van der Waals surface area contributed by atoms with Crippen molar-refractivity contribution >= 4 is 60.8 Å². The zero-order valence-electron chi connectivity index (χ0n) is 27.2.